The zero-order valence-electron chi connectivity index (χ0n) is 19.3. The molecule has 9 heteroatoms. The topological polar surface area (TPSA) is 88.3 Å². The van der Waals surface area contributed by atoms with E-state index in [9.17, 15) is 14.4 Å². The number of carbonyl (C=O) groups excluding carboxylic acids is 2. The Morgan fingerprint density at radius 1 is 1.09 bits per heavy atom. The van der Waals surface area contributed by atoms with Gasteiger partial charge in [-0.05, 0) is 43.7 Å². The predicted molar refractivity (Wildman–Crippen MR) is 128 cm³/mol. The lowest BCUT2D eigenvalue weighted by Crippen LogP contribution is -2.40. The number of rotatable bonds is 8. The summed E-state index contributed by atoms with van der Waals surface area (Å²) in [6.45, 7) is 4.17. The summed E-state index contributed by atoms with van der Waals surface area (Å²) < 4.78 is 8.11. The van der Waals surface area contributed by atoms with Crippen molar-refractivity contribution in [1.82, 2.24) is 14.7 Å². The molecule has 0 atom stereocenters. The smallest absolute Gasteiger partial charge is 0.326 e. The average Bonchev–Trinajstić information content (AvgIpc) is 3.25. The molecule has 0 unspecified atom stereocenters. The zero-order valence-corrected chi connectivity index (χ0v) is 20.1. The van der Waals surface area contributed by atoms with Gasteiger partial charge in [0.2, 0.25) is 0 Å². The van der Waals surface area contributed by atoms with Gasteiger partial charge in [-0.15, -0.1) is 0 Å². The van der Waals surface area contributed by atoms with Gasteiger partial charge >= 0.3 is 5.91 Å². The standard InChI is InChI=1S/C25H25ClN4O4/c1-4-6-19-20(24(32)30(27-19)18-10-8-17(26)9-11-18)21-22(28-12-5-7-16(2)15-28)25(33)29(23(21)31)13-14-34-3/h5,7-12,15H,4,6,13-14H2,1-3H3/p+1. The molecule has 0 fully saturated rings. The molecule has 1 aliphatic rings. The van der Waals surface area contributed by atoms with Gasteiger partial charge in [-0.2, -0.15) is 4.57 Å². The summed E-state index contributed by atoms with van der Waals surface area (Å²) in [5.41, 5.74) is 2.14. The van der Waals surface area contributed by atoms with E-state index >= 15 is 0 Å². The molecule has 1 N–H and O–H groups in total. The number of aromatic amines is 1. The van der Waals surface area contributed by atoms with Gasteiger partial charge in [0.1, 0.15) is 5.57 Å². The first-order chi connectivity index (χ1) is 16.4. The van der Waals surface area contributed by atoms with Crippen LogP contribution < -0.4 is 10.1 Å². The highest BCUT2D eigenvalue weighted by molar-refractivity contribution is 6.44. The molecule has 3 aromatic rings. The summed E-state index contributed by atoms with van der Waals surface area (Å²) in [5.74, 6) is -0.975. The van der Waals surface area contributed by atoms with E-state index in [2.05, 4.69) is 5.10 Å². The molecule has 0 bridgehead atoms. The third kappa shape index (κ3) is 4.22. The Labute approximate surface area is 202 Å². The van der Waals surface area contributed by atoms with Gasteiger partial charge in [-0.3, -0.25) is 24.4 Å². The Morgan fingerprint density at radius 3 is 2.47 bits per heavy atom. The Hall–Kier alpha value is -3.49. The van der Waals surface area contributed by atoms with Crippen molar-refractivity contribution in [2.75, 3.05) is 20.3 Å². The summed E-state index contributed by atoms with van der Waals surface area (Å²) in [7, 11) is 1.51. The quantitative estimate of drug-likeness (QED) is 0.396. The van der Waals surface area contributed by atoms with E-state index in [1.165, 1.54) is 11.8 Å². The number of halogens is 1. The minimum atomic E-state index is -0.511. The van der Waals surface area contributed by atoms with Crippen molar-refractivity contribution < 1.29 is 18.9 Å². The third-order valence-electron chi connectivity index (χ3n) is 5.67. The normalized spacial score (nSPS) is 13.9. The van der Waals surface area contributed by atoms with E-state index < -0.39 is 17.4 Å². The van der Waals surface area contributed by atoms with Gasteiger partial charge in [-0.25, -0.2) is 4.68 Å². The lowest BCUT2D eigenvalue weighted by molar-refractivity contribution is -0.577. The molecule has 0 saturated carbocycles. The van der Waals surface area contributed by atoms with Crippen LogP contribution in [0.25, 0.3) is 17.0 Å². The molecule has 3 heterocycles. The number of amides is 2. The molecule has 0 radical (unpaired) electrons. The first-order valence-corrected chi connectivity index (χ1v) is 11.4. The highest BCUT2D eigenvalue weighted by atomic mass is 35.5. The highest BCUT2D eigenvalue weighted by Crippen LogP contribution is 2.30. The maximum Gasteiger partial charge on any atom is 0.326 e. The number of benzene rings is 1. The lowest BCUT2D eigenvalue weighted by atomic mass is 10.0. The number of nitrogens with zero attached hydrogens (tertiary/aromatic N) is 3. The summed E-state index contributed by atoms with van der Waals surface area (Å²) in [4.78, 5) is 41.9. The number of nitrogens with one attached hydrogen (secondary N) is 1. The van der Waals surface area contributed by atoms with Crippen molar-refractivity contribution in [1.29, 1.82) is 0 Å². The van der Waals surface area contributed by atoms with Gasteiger partial charge in [0.05, 0.1) is 24.4 Å². The molecule has 8 nitrogen and oxygen atoms in total. The molecule has 4 rings (SSSR count). The van der Waals surface area contributed by atoms with E-state index in [1.807, 2.05) is 19.9 Å². The number of H-pyrrole nitrogens is 1. The number of pyridine rings is 1. The van der Waals surface area contributed by atoms with Gasteiger partial charge in [0.25, 0.3) is 17.2 Å². The van der Waals surface area contributed by atoms with Gasteiger partial charge < -0.3 is 4.74 Å². The van der Waals surface area contributed by atoms with E-state index in [-0.39, 0.29) is 30.0 Å². The zero-order chi connectivity index (χ0) is 24.4. The number of methoxy groups -OCH3 is 1. The van der Waals surface area contributed by atoms with Crippen LogP contribution in [0.4, 0.5) is 0 Å². The third-order valence-corrected chi connectivity index (χ3v) is 5.92. The van der Waals surface area contributed by atoms with Crippen molar-refractivity contribution >= 4 is 34.7 Å². The van der Waals surface area contributed by atoms with Crippen LogP contribution in [0.3, 0.4) is 0 Å². The lowest BCUT2D eigenvalue weighted by Gasteiger charge is -2.12. The summed E-state index contributed by atoms with van der Waals surface area (Å²) in [6, 6.07) is 10.5. The molecule has 0 spiro atoms. The number of aryl methyl sites for hydroxylation is 2. The van der Waals surface area contributed by atoms with E-state index in [1.54, 1.807) is 47.3 Å². The second-order valence-corrected chi connectivity index (χ2v) is 8.54. The van der Waals surface area contributed by atoms with E-state index in [0.29, 0.717) is 22.8 Å². The Bertz CT molecular complexity index is 1340. The Balaban J connectivity index is 1.98. The van der Waals surface area contributed by atoms with Gasteiger partial charge in [0, 0.05) is 29.5 Å². The van der Waals surface area contributed by atoms with E-state index in [0.717, 1.165) is 16.9 Å². The molecule has 0 aliphatic carbocycles. The van der Waals surface area contributed by atoms with Crippen LogP contribution in [0.1, 0.15) is 30.2 Å². The highest BCUT2D eigenvalue weighted by Gasteiger charge is 2.47. The van der Waals surface area contributed by atoms with Crippen molar-refractivity contribution in [3.8, 4) is 5.69 Å². The monoisotopic (exact) mass is 481 g/mol. The number of hydrogen-bond acceptors (Lipinski definition) is 4. The average molecular weight is 482 g/mol. The van der Waals surface area contributed by atoms with Crippen LogP contribution in [-0.4, -0.2) is 46.8 Å². The van der Waals surface area contributed by atoms with Crippen molar-refractivity contribution in [2.45, 2.75) is 26.7 Å². The molecule has 0 saturated heterocycles. The minimum absolute atomic E-state index is 0.0897. The first-order valence-electron chi connectivity index (χ1n) is 11.0. The summed E-state index contributed by atoms with van der Waals surface area (Å²) in [6.07, 6.45) is 4.74. The molecule has 176 valence electrons. The number of ether oxygens (including phenoxy) is 1. The fourth-order valence-corrected chi connectivity index (χ4v) is 4.22. The number of aromatic nitrogens is 3. The number of hydrogen-bond donors (Lipinski definition) is 1. The van der Waals surface area contributed by atoms with Crippen LogP contribution in [0.2, 0.25) is 5.02 Å². The number of imide groups is 1. The van der Waals surface area contributed by atoms with Crippen LogP contribution in [-0.2, 0) is 20.7 Å². The Kier molecular flexibility index (Phi) is 6.81. The van der Waals surface area contributed by atoms with Gasteiger partial charge in [0.15, 0.2) is 12.4 Å². The maximum atomic E-state index is 13.7. The molecular weight excluding hydrogens is 456 g/mol. The van der Waals surface area contributed by atoms with Gasteiger partial charge in [-0.1, -0.05) is 24.9 Å². The van der Waals surface area contributed by atoms with Crippen molar-refractivity contribution in [3.05, 3.63) is 81.0 Å². The SMILES string of the molecule is CCCc1[nH]n(-c2ccc(Cl)cc2)c(=O)c1C1=C([n+]2cccc(C)c2)C(=O)N(CCOC)C1=O. The molecular formula is C25H26ClN4O4+. The fraction of sp³-hybridized carbons (Fsp3) is 0.280. The first kappa shape index (κ1) is 23.7. The van der Waals surface area contributed by atoms with Crippen LogP contribution >= 0.6 is 11.6 Å². The maximum absolute atomic E-state index is 13.7. The molecule has 1 aliphatic heterocycles. The second kappa shape index (κ2) is 9.79. The van der Waals surface area contributed by atoms with Crippen LogP contribution in [0.15, 0.2) is 53.6 Å². The summed E-state index contributed by atoms with van der Waals surface area (Å²) in [5, 5.41) is 3.70. The molecule has 1 aromatic carbocycles. The predicted octanol–water partition coefficient (Wildman–Crippen LogP) is 2.75. The van der Waals surface area contributed by atoms with E-state index in [4.69, 9.17) is 16.3 Å². The Morgan fingerprint density at radius 2 is 1.82 bits per heavy atom. The largest absolute Gasteiger partial charge is 0.383 e. The second-order valence-electron chi connectivity index (χ2n) is 8.10. The number of carbonyl (C=O) groups is 2. The fourth-order valence-electron chi connectivity index (χ4n) is 4.09. The molecule has 2 amide bonds. The van der Waals surface area contributed by atoms with Crippen molar-refractivity contribution in [2.24, 2.45) is 0 Å². The van der Waals surface area contributed by atoms with Crippen LogP contribution in [0, 0.1) is 6.92 Å². The minimum Gasteiger partial charge on any atom is -0.383 e. The van der Waals surface area contributed by atoms with Crippen molar-refractivity contribution in [3.63, 3.8) is 0 Å². The summed E-state index contributed by atoms with van der Waals surface area (Å²) >= 11 is 6.02. The molecule has 34 heavy (non-hydrogen) atoms. The van der Waals surface area contributed by atoms with Crippen LogP contribution in [0.5, 0.6) is 0 Å². The molecule has 2 aromatic heterocycles.